The van der Waals surface area contributed by atoms with Crippen molar-refractivity contribution in [3.63, 3.8) is 0 Å². The van der Waals surface area contributed by atoms with Gasteiger partial charge in [0.25, 0.3) is 0 Å². The van der Waals surface area contributed by atoms with Crippen LogP contribution in [0.4, 0.5) is 17.6 Å². The largest absolute Gasteiger partial charge is 0.351 e. The first kappa shape index (κ1) is 20.3. The second-order valence-electron chi connectivity index (χ2n) is 7.58. The molecular formula is C22H25N5O2S. The molecule has 0 aliphatic heterocycles. The van der Waals surface area contributed by atoms with E-state index in [2.05, 4.69) is 25.6 Å². The van der Waals surface area contributed by atoms with Crippen LogP contribution in [0.15, 0.2) is 59.5 Å². The van der Waals surface area contributed by atoms with Crippen molar-refractivity contribution in [3.8, 4) is 11.4 Å². The molecule has 0 atom stereocenters. The van der Waals surface area contributed by atoms with Crippen LogP contribution in [0, 0.1) is 0 Å². The fraction of sp³-hybridized carbons (Fsp3) is 0.318. The Labute approximate surface area is 176 Å². The van der Waals surface area contributed by atoms with Gasteiger partial charge in [0.15, 0.2) is 15.7 Å². The fourth-order valence-corrected chi connectivity index (χ4v) is 4.24. The summed E-state index contributed by atoms with van der Waals surface area (Å²) in [6.07, 6.45) is 7.08. The van der Waals surface area contributed by atoms with E-state index >= 15 is 0 Å². The lowest BCUT2D eigenvalue weighted by atomic mass is 9.96. The standard InChI is InChI=1S/C22H25N5O2S/c1-30(28,29)19-14-8-13-18(15-19)24-22-26-20(16-9-4-2-5-10-16)25-21(27-22)23-17-11-6-3-7-12-17/h2,4-5,8-10,13-15,17H,3,6-7,11-12H2,1H3,(H2,23,24,25,26,27). The molecule has 7 nitrogen and oxygen atoms in total. The molecule has 8 heteroatoms. The molecule has 2 aromatic carbocycles. The van der Waals surface area contributed by atoms with Crippen LogP contribution in [-0.2, 0) is 9.84 Å². The van der Waals surface area contributed by atoms with Gasteiger partial charge in [0.1, 0.15) is 0 Å². The molecule has 0 radical (unpaired) electrons. The molecule has 3 aromatic rings. The topological polar surface area (TPSA) is 96.9 Å². The van der Waals surface area contributed by atoms with Crippen LogP contribution >= 0.6 is 0 Å². The van der Waals surface area contributed by atoms with Gasteiger partial charge in [0, 0.05) is 23.5 Å². The van der Waals surface area contributed by atoms with Gasteiger partial charge in [-0.05, 0) is 31.0 Å². The van der Waals surface area contributed by atoms with E-state index in [0.717, 1.165) is 18.4 Å². The van der Waals surface area contributed by atoms with Crippen molar-refractivity contribution in [1.82, 2.24) is 15.0 Å². The predicted molar refractivity (Wildman–Crippen MR) is 119 cm³/mol. The number of sulfone groups is 1. The molecule has 156 valence electrons. The van der Waals surface area contributed by atoms with Crippen molar-refractivity contribution in [2.24, 2.45) is 0 Å². The molecule has 0 saturated heterocycles. The third-order valence-corrected chi connectivity index (χ3v) is 6.23. The lowest BCUT2D eigenvalue weighted by molar-refractivity contribution is 0.461. The highest BCUT2D eigenvalue weighted by Gasteiger charge is 2.16. The van der Waals surface area contributed by atoms with Crippen molar-refractivity contribution in [1.29, 1.82) is 0 Å². The van der Waals surface area contributed by atoms with Gasteiger partial charge in [-0.1, -0.05) is 55.7 Å². The van der Waals surface area contributed by atoms with E-state index < -0.39 is 9.84 Å². The Bertz CT molecular complexity index is 1110. The molecule has 0 bridgehead atoms. The number of nitrogens with one attached hydrogen (secondary N) is 2. The van der Waals surface area contributed by atoms with Crippen molar-refractivity contribution in [2.45, 2.75) is 43.0 Å². The van der Waals surface area contributed by atoms with E-state index in [0.29, 0.717) is 29.5 Å². The summed E-state index contributed by atoms with van der Waals surface area (Å²) in [5.41, 5.74) is 1.49. The highest BCUT2D eigenvalue weighted by atomic mass is 32.2. The lowest BCUT2D eigenvalue weighted by Crippen LogP contribution is -2.24. The SMILES string of the molecule is CS(=O)(=O)c1cccc(Nc2nc(NC3CCCCC3)nc(-c3ccccc3)n2)c1. The minimum atomic E-state index is -3.30. The molecule has 30 heavy (non-hydrogen) atoms. The van der Waals surface area contributed by atoms with Crippen LogP contribution in [0.5, 0.6) is 0 Å². The Balaban J connectivity index is 1.67. The van der Waals surface area contributed by atoms with Gasteiger partial charge in [-0.3, -0.25) is 0 Å². The molecule has 0 spiro atoms. The van der Waals surface area contributed by atoms with Crippen LogP contribution in [-0.4, -0.2) is 35.7 Å². The normalized spacial score (nSPS) is 15.0. The van der Waals surface area contributed by atoms with Crippen LogP contribution in [0.2, 0.25) is 0 Å². The molecule has 2 N–H and O–H groups in total. The average molecular weight is 424 g/mol. The zero-order chi connectivity index (χ0) is 21.0. The number of anilines is 3. The monoisotopic (exact) mass is 423 g/mol. The van der Waals surface area contributed by atoms with E-state index in [1.165, 1.54) is 25.5 Å². The maximum absolute atomic E-state index is 11.9. The van der Waals surface area contributed by atoms with Crippen LogP contribution in [0.1, 0.15) is 32.1 Å². The van der Waals surface area contributed by atoms with Crippen molar-refractivity contribution < 1.29 is 8.42 Å². The summed E-state index contributed by atoms with van der Waals surface area (Å²) in [6, 6.07) is 16.7. The van der Waals surface area contributed by atoms with Gasteiger partial charge in [-0.2, -0.15) is 15.0 Å². The zero-order valence-corrected chi connectivity index (χ0v) is 17.7. The smallest absolute Gasteiger partial charge is 0.232 e. The maximum Gasteiger partial charge on any atom is 0.232 e. The van der Waals surface area contributed by atoms with Crippen molar-refractivity contribution in [3.05, 3.63) is 54.6 Å². The van der Waals surface area contributed by atoms with Gasteiger partial charge < -0.3 is 10.6 Å². The second kappa shape index (κ2) is 8.79. The molecule has 1 aromatic heterocycles. The third kappa shape index (κ3) is 5.13. The number of benzene rings is 2. The molecule has 1 aliphatic rings. The van der Waals surface area contributed by atoms with E-state index in [1.54, 1.807) is 24.3 Å². The highest BCUT2D eigenvalue weighted by Crippen LogP contribution is 2.24. The van der Waals surface area contributed by atoms with Gasteiger partial charge in [0.05, 0.1) is 4.90 Å². The number of nitrogens with zero attached hydrogens (tertiary/aromatic N) is 3. The number of aromatic nitrogens is 3. The molecule has 0 unspecified atom stereocenters. The first-order chi connectivity index (χ1) is 14.5. The third-order valence-electron chi connectivity index (χ3n) is 5.12. The molecular weight excluding hydrogens is 398 g/mol. The van der Waals surface area contributed by atoms with Gasteiger partial charge >= 0.3 is 0 Å². The fourth-order valence-electron chi connectivity index (χ4n) is 3.58. The number of hydrogen-bond donors (Lipinski definition) is 2. The highest BCUT2D eigenvalue weighted by molar-refractivity contribution is 7.90. The van der Waals surface area contributed by atoms with Crippen LogP contribution in [0.3, 0.4) is 0 Å². The van der Waals surface area contributed by atoms with Crippen LogP contribution < -0.4 is 10.6 Å². The van der Waals surface area contributed by atoms with E-state index in [4.69, 9.17) is 0 Å². The van der Waals surface area contributed by atoms with E-state index in [1.807, 2.05) is 30.3 Å². The molecule has 0 amide bonds. The Morgan fingerprint density at radius 3 is 2.33 bits per heavy atom. The summed E-state index contributed by atoms with van der Waals surface area (Å²) >= 11 is 0. The first-order valence-corrected chi connectivity index (χ1v) is 12.0. The van der Waals surface area contributed by atoms with E-state index in [9.17, 15) is 8.42 Å². The van der Waals surface area contributed by atoms with Gasteiger partial charge in [-0.15, -0.1) is 0 Å². The molecule has 1 fully saturated rings. The Hall–Kier alpha value is -3.00. The Kier molecular flexibility index (Phi) is 5.94. The van der Waals surface area contributed by atoms with Crippen LogP contribution in [0.25, 0.3) is 11.4 Å². The summed E-state index contributed by atoms with van der Waals surface area (Å²) in [5, 5.41) is 6.59. The van der Waals surface area contributed by atoms with Gasteiger partial charge in [-0.25, -0.2) is 8.42 Å². The summed E-state index contributed by atoms with van der Waals surface area (Å²) in [4.78, 5) is 14.0. The van der Waals surface area contributed by atoms with Crippen molar-refractivity contribution in [2.75, 3.05) is 16.9 Å². The Morgan fingerprint density at radius 1 is 0.867 bits per heavy atom. The zero-order valence-electron chi connectivity index (χ0n) is 16.9. The summed E-state index contributed by atoms with van der Waals surface area (Å²) in [6.45, 7) is 0. The molecule has 1 saturated carbocycles. The molecule has 4 rings (SSSR count). The lowest BCUT2D eigenvalue weighted by Gasteiger charge is -2.23. The molecule has 1 aliphatic carbocycles. The predicted octanol–water partition coefficient (Wildman–Crippen LogP) is 4.43. The maximum atomic E-state index is 11.9. The van der Waals surface area contributed by atoms with E-state index in [-0.39, 0.29) is 4.90 Å². The minimum Gasteiger partial charge on any atom is -0.351 e. The summed E-state index contributed by atoms with van der Waals surface area (Å²) in [5.74, 6) is 1.45. The Morgan fingerprint density at radius 2 is 1.60 bits per heavy atom. The average Bonchev–Trinajstić information content (AvgIpc) is 2.74. The van der Waals surface area contributed by atoms with Crippen molar-refractivity contribution >= 4 is 27.4 Å². The summed E-state index contributed by atoms with van der Waals surface area (Å²) in [7, 11) is -3.30. The first-order valence-electron chi connectivity index (χ1n) is 10.1. The number of rotatable bonds is 6. The van der Waals surface area contributed by atoms with Gasteiger partial charge in [0.2, 0.25) is 11.9 Å². The quantitative estimate of drug-likeness (QED) is 0.605. The summed E-state index contributed by atoms with van der Waals surface area (Å²) < 4.78 is 23.7. The second-order valence-corrected chi connectivity index (χ2v) is 9.59. The molecule has 1 heterocycles. The number of hydrogen-bond acceptors (Lipinski definition) is 7. The minimum absolute atomic E-state index is 0.241.